The molecular formula is C20H20O2. The minimum atomic E-state index is -0.659. The highest BCUT2D eigenvalue weighted by Gasteiger charge is 2.63. The molecule has 0 heterocycles. The van der Waals surface area contributed by atoms with E-state index in [1.807, 2.05) is 6.92 Å². The number of benzene rings is 1. The molecule has 0 aromatic heterocycles. The number of aliphatic hydroxyl groups is 1. The Balaban J connectivity index is 1.67. The molecule has 0 aliphatic heterocycles. The standard InChI is InChI=1S/C20H20O2/c1-11-17(21)9-14-10-20(22)16(18(11)14)8-13-7-6-12-4-2-3-5-15(12)19(13)20/h2-7,13-14,16,19,22H,8-10H2,1H3/t13-,14-,16+,19+,20+/m0/s1. The number of rotatable bonds is 0. The Labute approximate surface area is 130 Å². The molecule has 2 saturated carbocycles. The number of hydrogen-bond acceptors (Lipinski definition) is 2. The quantitative estimate of drug-likeness (QED) is 0.795. The second-order valence-corrected chi connectivity index (χ2v) is 7.52. The second-order valence-electron chi connectivity index (χ2n) is 7.52. The molecule has 1 aromatic rings. The van der Waals surface area contributed by atoms with Gasteiger partial charge >= 0.3 is 0 Å². The molecule has 2 heteroatoms. The lowest BCUT2D eigenvalue weighted by Gasteiger charge is -2.35. The monoisotopic (exact) mass is 292 g/mol. The minimum absolute atomic E-state index is 0.176. The fourth-order valence-corrected chi connectivity index (χ4v) is 5.80. The number of carbonyl (C=O) groups excluding carboxylic acids is 1. The first kappa shape index (κ1) is 12.8. The molecule has 112 valence electrons. The highest BCUT2D eigenvalue weighted by Crippen LogP contribution is 2.65. The van der Waals surface area contributed by atoms with Gasteiger partial charge < -0.3 is 5.11 Å². The van der Waals surface area contributed by atoms with Gasteiger partial charge in [-0.3, -0.25) is 4.79 Å². The van der Waals surface area contributed by atoms with Crippen LogP contribution in [-0.4, -0.2) is 16.5 Å². The van der Waals surface area contributed by atoms with Crippen LogP contribution >= 0.6 is 0 Å². The summed E-state index contributed by atoms with van der Waals surface area (Å²) >= 11 is 0. The Bertz CT molecular complexity index is 757. The van der Waals surface area contributed by atoms with Crippen LogP contribution in [0.2, 0.25) is 0 Å². The zero-order valence-electron chi connectivity index (χ0n) is 12.8. The van der Waals surface area contributed by atoms with E-state index in [1.54, 1.807) is 0 Å². The first-order valence-corrected chi connectivity index (χ1v) is 8.33. The minimum Gasteiger partial charge on any atom is -0.389 e. The van der Waals surface area contributed by atoms with Crippen molar-refractivity contribution >= 4 is 11.9 Å². The first-order chi connectivity index (χ1) is 10.6. The van der Waals surface area contributed by atoms with Crippen molar-refractivity contribution in [1.82, 2.24) is 0 Å². The van der Waals surface area contributed by atoms with Gasteiger partial charge in [0, 0.05) is 18.3 Å². The maximum absolute atomic E-state index is 12.0. The number of fused-ring (bicyclic) bond motifs is 7. The molecule has 0 saturated heterocycles. The van der Waals surface area contributed by atoms with Gasteiger partial charge in [-0.15, -0.1) is 0 Å². The van der Waals surface area contributed by atoms with Crippen molar-refractivity contribution < 1.29 is 9.90 Å². The van der Waals surface area contributed by atoms with Crippen LogP contribution in [0.25, 0.3) is 6.08 Å². The third-order valence-corrected chi connectivity index (χ3v) is 6.60. The number of ketones is 1. The molecule has 0 unspecified atom stereocenters. The lowest BCUT2D eigenvalue weighted by molar-refractivity contribution is -0.115. The predicted octanol–water partition coefficient (Wildman–Crippen LogP) is 3.47. The topological polar surface area (TPSA) is 37.3 Å². The molecule has 1 aromatic carbocycles. The van der Waals surface area contributed by atoms with E-state index in [1.165, 1.54) is 16.7 Å². The third kappa shape index (κ3) is 1.37. The van der Waals surface area contributed by atoms with Gasteiger partial charge in [-0.2, -0.15) is 0 Å². The molecule has 4 aliphatic carbocycles. The molecule has 4 aliphatic rings. The predicted molar refractivity (Wildman–Crippen MR) is 85.2 cm³/mol. The van der Waals surface area contributed by atoms with Crippen molar-refractivity contribution in [3.05, 3.63) is 52.6 Å². The first-order valence-electron chi connectivity index (χ1n) is 8.33. The lowest BCUT2D eigenvalue weighted by Crippen LogP contribution is -2.37. The smallest absolute Gasteiger partial charge is 0.159 e. The van der Waals surface area contributed by atoms with Crippen LogP contribution in [0, 0.1) is 17.8 Å². The van der Waals surface area contributed by atoms with Crippen molar-refractivity contribution in [3.8, 4) is 0 Å². The Morgan fingerprint density at radius 2 is 2.09 bits per heavy atom. The maximum Gasteiger partial charge on any atom is 0.159 e. The van der Waals surface area contributed by atoms with Crippen LogP contribution in [0.3, 0.4) is 0 Å². The van der Waals surface area contributed by atoms with Crippen LogP contribution in [0.1, 0.15) is 43.2 Å². The van der Waals surface area contributed by atoms with Crippen LogP contribution in [-0.2, 0) is 4.79 Å². The van der Waals surface area contributed by atoms with Crippen LogP contribution in [0.5, 0.6) is 0 Å². The Kier molecular flexibility index (Phi) is 2.33. The van der Waals surface area contributed by atoms with Crippen molar-refractivity contribution in [3.63, 3.8) is 0 Å². The normalized spacial score (nSPS) is 41.5. The summed E-state index contributed by atoms with van der Waals surface area (Å²) in [6.45, 7) is 1.97. The molecule has 2 nitrogen and oxygen atoms in total. The largest absolute Gasteiger partial charge is 0.389 e. The van der Waals surface area contributed by atoms with Crippen molar-refractivity contribution in [1.29, 1.82) is 0 Å². The Hall–Kier alpha value is -1.67. The molecule has 1 N–H and O–H groups in total. The van der Waals surface area contributed by atoms with E-state index in [2.05, 4.69) is 36.4 Å². The van der Waals surface area contributed by atoms with Gasteiger partial charge in [-0.1, -0.05) is 42.0 Å². The van der Waals surface area contributed by atoms with Crippen molar-refractivity contribution in [2.24, 2.45) is 17.8 Å². The van der Waals surface area contributed by atoms with Crippen LogP contribution in [0.4, 0.5) is 0 Å². The summed E-state index contributed by atoms with van der Waals surface area (Å²) in [6.07, 6.45) is 6.86. The van der Waals surface area contributed by atoms with Crippen molar-refractivity contribution in [2.75, 3.05) is 0 Å². The average Bonchev–Trinajstić information content (AvgIpc) is 3.04. The van der Waals surface area contributed by atoms with Gasteiger partial charge in [0.15, 0.2) is 5.78 Å². The van der Waals surface area contributed by atoms with E-state index in [0.717, 1.165) is 18.4 Å². The fraction of sp³-hybridized carbons (Fsp3) is 0.450. The van der Waals surface area contributed by atoms with Gasteiger partial charge in [0.05, 0.1) is 5.60 Å². The maximum atomic E-state index is 12.0. The Morgan fingerprint density at radius 3 is 2.95 bits per heavy atom. The lowest BCUT2D eigenvalue weighted by atomic mass is 9.73. The molecule has 0 radical (unpaired) electrons. The van der Waals surface area contributed by atoms with Crippen LogP contribution in [0.15, 0.2) is 41.5 Å². The molecular weight excluding hydrogens is 272 g/mol. The van der Waals surface area contributed by atoms with E-state index in [-0.39, 0.29) is 11.8 Å². The molecule has 5 rings (SSSR count). The summed E-state index contributed by atoms with van der Waals surface area (Å²) < 4.78 is 0. The Morgan fingerprint density at radius 1 is 1.27 bits per heavy atom. The van der Waals surface area contributed by atoms with Crippen LogP contribution < -0.4 is 0 Å². The van der Waals surface area contributed by atoms with Crippen molar-refractivity contribution in [2.45, 2.75) is 37.7 Å². The summed E-state index contributed by atoms with van der Waals surface area (Å²) in [5.41, 5.74) is 4.11. The zero-order valence-corrected chi connectivity index (χ0v) is 12.8. The molecule has 0 spiro atoms. The summed E-state index contributed by atoms with van der Waals surface area (Å²) in [6, 6.07) is 8.46. The SMILES string of the molecule is CC1=C2[C@@H](CC1=O)C[C@@]1(O)[C@@H]2C[C@@H]2C=Cc3ccccc3[C@@H]21. The van der Waals surface area contributed by atoms with Gasteiger partial charge in [-0.25, -0.2) is 0 Å². The van der Waals surface area contributed by atoms with Gasteiger partial charge in [0.1, 0.15) is 0 Å². The van der Waals surface area contributed by atoms with E-state index in [4.69, 9.17) is 0 Å². The van der Waals surface area contributed by atoms with E-state index >= 15 is 0 Å². The summed E-state index contributed by atoms with van der Waals surface area (Å²) in [4.78, 5) is 12.0. The van der Waals surface area contributed by atoms with E-state index < -0.39 is 5.60 Å². The number of hydrogen-bond donors (Lipinski definition) is 1. The molecule has 2 fully saturated rings. The number of allylic oxidation sites excluding steroid dienone is 2. The molecule has 5 atom stereocenters. The summed E-state index contributed by atoms with van der Waals surface area (Å²) in [5.74, 6) is 1.37. The van der Waals surface area contributed by atoms with E-state index in [9.17, 15) is 9.90 Å². The van der Waals surface area contributed by atoms with Gasteiger partial charge in [0.25, 0.3) is 0 Å². The van der Waals surface area contributed by atoms with Gasteiger partial charge in [-0.05, 0) is 48.3 Å². The molecule has 0 bridgehead atoms. The highest BCUT2D eigenvalue weighted by atomic mass is 16.3. The average molecular weight is 292 g/mol. The highest BCUT2D eigenvalue weighted by molar-refractivity contribution is 5.99. The number of Topliss-reactive ketones (excluding diaryl/α,β-unsaturated/α-hetero) is 1. The molecule has 22 heavy (non-hydrogen) atoms. The molecule has 0 amide bonds. The van der Waals surface area contributed by atoms with E-state index in [0.29, 0.717) is 24.0 Å². The summed E-state index contributed by atoms with van der Waals surface area (Å²) in [5, 5.41) is 11.6. The second kappa shape index (κ2) is 3.99. The fourth-order valence-electron chi connectivity index (χ4n) is 5.80. The third-order valence-electron chi connectivity index (χ3n) is 6.60. The number of carbonyl (C=O) groups is 1. The summed E-state index contributed by atoms with van der Waals surface area (Å²) in [7, 11) is 0. The van der Waals surface area contributed by atoms with Gasteiger partial charge in [0.2, 0.25) is 0 Å². The zero-order chi connectivity index (χ0) is 15.1.